The van der Waals surface area contributed by atoms with Gasteiger partial charge in [-0.05, 0) is 19.3 Å². The van der Waals surface area contributed by atoms with Crippen molar-refractivity contribution < 1.29 is 9.84 Å². The van der Waals surface area contributed by atoms with Crippen LogP contribution in [0.3, 0.4) is 0 Å². The second-order valence-electron chi connectivity index (χ2n) is 5.69. The third-order valence-corrected chi connectivity index (χ3v) is 5.56. The van der Waals surface area contributed by atoms with Crippen LogP contribution in [0.4, 0.5) is 0 Å². The number of aliphatic hydroxyl groups is 1. The fraction of sp³-hybridized carbons (Fsp3) is 0.786. The van der Waals surface area contributed by atoms with Gasteiger partial charge in [-0.1, -0.05) is 12.8 Å². The molecular weight excluding hydrogens is 260 g/mol. The maximum Gasteiger partial charge on any atom is 0.107 e. The molecule has 2 heterocycles. The number of ether oxygens (including phenoxy) is 1. The lowest BCUT2D eigenvalue weighted by Gasteiger charge is -2.36. The molecule has 19 heavy (non-hydrogen) atoms. The predicted octanol–water partition coefficient (Wildman–Crippen LogP) is 2.17. The number of hydrogen-bond acceptors (Lipinski definition) is 5. The van der Waals surface area contributed by atoms with Gasteiger partial charge in [-0.3, -0.25) is 4.90 Å². The number of methoxy groups -OCH3 is 1. The average Bonchev–Trinajstić information content (AvgIpc) is 3.09. The Morgan fingerprint density at radius 2 is 2.32 bits per heavy atom. The third-order valence-electron chi connectivity index (χ3n) is 4.61. The average molecular weight is 282 g/mol. The van der Waals surface area contributed by atoms with Crippen LogP contribution in [-0.4, -0.2) is 40.3 Å². The van der Waals surface area contributed by atoms with E-state index in [1.807, 2.05) is 6.20 Å². The van der Waals surface area contributed by atoms with Gasteiger partial charge < -0.3 is 9.84 Å². The van der Waals surface area contributed by atoms with Crippen molar-refractivity contribution in [3.8, 4) is 0 Å². The Bertz CT molecular complexity index is 429. The van der Waals surface area contributed by atoms with E-state index in [-0.39, 0.29) is 11.6 Å². The first kappa shape index (κ1) is 13.5. The molecule has 1 saturated heterocycles. The largest absolute Gasteiger partial charge is 0.391 e. The molecule has 1 atom stereocenters. The minimum absolute atomic E-state index is 0.0487. The number of nitrogens with zero attached hydrogens (tertiary/aromatic N) is 2. The minimum Gasteiger partial charge on any atom is -0.391 e. The van der Waals surface area contributed by atoms with Crippen LogP contribution in [-0.2, 0) is 17.9 Å². The monoisotopic (exact) mass is 282 g/mol. The van der Waals surface area contributed by atoms with Crippen LogP contribution < -0.4 is 0 Å². The van der Waals surface area contributed by atoms with Gasteiger partial charge in [0, 0.05) is 25.4 Å². The van der Waals surface area contributed by atoms with E-state index >= 15 is 0 Å². The van der Waals surface area contributed by atoms with Crippen LogP contribution in [0.2, 0.25) is 0 Å². The molecule has 1 saturated carbocycles. The molecule has 1 unspecified atom stereocenters. The molecule has 1 N–H and O–H groups in total. The topological polar surface area (TPSA) is 45.6 Å². The highest BCUT2D eigenvalue weighted by Gasteiger charge is 2.49. The van der Waals surface area contributed by atoms with Crippen molar-refractivity contribution in [2.45, 2.75) is 56.9 Å². The van der Waals surface area contributed by atoms with Gasteiger partial charge in [-0.15, -0.1) is 11.3 Å². The van der Waals surface area contributed by atoms with Gasteiger partial charge in [0.2, 0.25) is 0 Å². The molecule has 2 aliphatic rings. The quantitative estimate of drug-likeness (QED) is 0.919. The minimum atomic E-state index is -0.145. The molecule has 0 radical (unpaired) electrons. The number of likely N-dealkylation sites (tertiary alicyclic amines) is 1. The molecule has 1 aromatic rings. The predicted molar refractivity (Wildman–Crippen MR) is 75.1 cm³/mol. The highest BCUT2D eigenvalue weighted by molar-refractivity contribution is 7.11. The standard InChI is InChI=1S/C14H22N2O2S/c1-18-10-11-8-15-13(19-11)9-16-7-4-12(17)14(16)5-2-3-6-14/h8,12,17H,2-7,9-10H2,1H3. The molecule has 1 aromatic heterocycles. The van der Waals surface area contributed by atoms with Crippen molar-refractivity contribution >= 4 is 11.3 Å². The second kappa shape index (κ2) is 5.48. The lowest BCUT2D eigenvalue weighted by Crippen LogP contribution is -2.47. The molecule has 4 nitrogen and oxygen atoms in total. The number of rotatable bonds is 4. The summed E-state index contributed by atoms with van der Waals surface area (Å²) in [5.41, 5.74) is 0.0487. The van der Waals surface area contributed by atoms with E-state index in [1.165, 1.54) is 17.7 Å². The van der Waals surface area contributed by atoms with E-state index in [4.69, 9.17) is 4.74 Å². The zero-order chi connectivity index (χ0) is 13.3. The highest BCUT2D eigenvalue weighted by Crippen LogP contribution is 2.44. The molecule has 1 aliphatic carbocycles. The summed E-state index contributed by atoms with van der Waals surface area (Å²) in [6.45, 7) is 2.53. The Balaban J connectivity index is 1.71. The van der Waals surface area contributed by atoms with Crippen molar-refractivity contribution in [2.75, 3.05) is 13.7 Å². The zero-order valence-electron chi connectivity index (χ0n) is 11.5. The van der Waals surface area contributed by atoms with Crippen LogP contribution in [0.15, 0.2) is 6.20 Å². The molecule has 1 spiro atoms. The molecule has 106 valence electrons. The summed E-state index contributed by atoms with van der Waals surface area (Å²) in [7, 11) is 1.71. The van der Waals surface area contributed by atoms with Gasteiger partial charge in [0.1, 0.15) is 5.01 Å². The summed E-state index contributed by atoms with van der Waals surface area (Å²) >= 11 is 1.73. The van der Waals surface area contributed by atoms with Gasteiger partial charge >= 0.3 is 0 Å². The van der Waals surface area contributed by atoms with Crippen LogP contribution in [0.25, 0.3) is 0 Å². The van der Waals surface area contributed by atoms with E-state index in [2.05, 4.69) is 9.88 Å². The van der Waals surface area contributed by atoms with E-state index in [0.29, 0.717) is 6.61 Å². The van der Waals surface area contributed by atoms with Crippen LogP contribution >= 0.6 is 11.3 Å². The number of aliphatic hydroxyl groups excluding tert-OH is 1. The lowest BCUT2D eigenvalue weighted by atomic mass is 9.91. The van der Waals surface area contributed by atoms with E-state index < -0.39 is 0 Å². The van der Waals surface area contributed by atoms with Crippen molar-refractivity contribution in [1.29, 1.82) is 0 Å². The molecule has 0 bridgehead atoms. The fourth-order valence-corrected chi connectivity index (χ4v) is 4.56. The highest BCUT2D eigenvalue weighted by atomic mass is 32.1. The summed E-state index contributed by atoms with van der Waals surface area (Å²) in [6, 6.07) is 0. The van der Waals surface area contributed by atoms with Crippen molar-refractivity contribution in [2.24, 2.45) is 0 Å². The summed E-state index contributed by atoms with van der Waals surface area (Å²) < 4.78 is 5.14. The fourth-order valence-electron chi connectivity index (χ4n) is 3.65. The van der Waals surface area contributed by atoms with E-state index in [9.17, 15) is 5.11 Å². The normalized spacial score (nSPS) is 26.5. The Hall–Kier alpha value is -0.490. The first-order valence-corrected chi connectivity index (χ1v) is 7.92. The molecule has 5 heteroatoms. The summed E-state index contributed by atoms with van der Waals surface area (Å²) in [4.78, 5) is 8.14. The first-order valence-electron chi connectivity index (χ1n) is 7.10. The van der Waals surface area contributed by atoms with Crippen LogP contribution in [0, 0.1) is 0 Å². The van der Waals surface area contributed by atoms with Crippen molar-refractivity contribution in [3.05, 3.63) is 16.1 Å². The first-order chi connectivity index (χ1) is 9.24. The molecule has 1 aliphatic heterocycles. The molecular formula is C14H22N2O2S. The van der Waals surface area contributed by atoms with Gasteiger partial charge in [-0.25, -0.2) is 4.98 Å². The molecule has 0 aromatic carbocycles. The summed E-state index contributed by atoms with van der Waals surface area (Å²) in [6.07, 6.45) is 7.47. The molecule has 0 amide bonds. The SMILES string of the molecule is COCc1cnc(CN2CCC(O)C23CCCC3)s1. The van der Waals surface area contributed by atoms with Crippen molar-refractivity contribution in [1.82, 2.24) is 9.88 Å². The van der Waals surface area contributed by atoms with Gasteiger partial charge in [0.05, 0.1) is 24.1 Å². The molecule has 2 fully saturated rings. The summed E-state index contributed by atoms with van der Waals surface area (Å²) in [5, 5.41) is 11.5. The zero-order valence-corrected chi connectivity index (χ0v) is 12.3. The van der Waals surface area contributed by atoms with Crippen LogP contribution in [0.5, 0.6) is 0 Å². The van der Waals surface area contributed by atoms with Crippen molar-refractivity contribution in [3.63, 3.8) is 0 Å². The van der Waals surface area contributed by atoms with Gasteiger partial charge in [0.15, 0.2) is 0 Å². The number of aromatic nitrogens is 1. The van der Waals surface area contributed by atoms with E-state index in [1.54, 1.807) is 18.4 Å². The number of hydrogen-bond donors (Lipinski definition) is 1. The van der Waals surface area contributed by atoms with Crippen LogP contribution in [0.1, 0.15) is 42.0 Å². The Labute approximate surface area is 118 Å². The van der Waals surface area contributed by atoms with Gasteiger partial charge in [0.25, 0.3) is 0 Å². The Kier molecular flexibility index (Phi) is 3.89. The smallest absolute Gasteiger partial charge is 0.107 e. The third kappa shape index (κ3) is 2.44. The number of thiazole rings is 1. The maximum atomic E-state index is 10.3. The summed E-state index contributed by atoms with van der Waals surface area (Å²) in [5.74, 6) is 0. The maximum absolute atomic E-state index is 10.3. The Morgan fingerprint density at radius 3 is 3.05 bits per heavy atom. The second-order valence-corrected chi connectivity index (χ2v) is 6.89. The lowest BCUT2D eigenvalue weighted by molar-refractivity contribution is 0.0277. The van der Waals surface area contributed by atoms with E-state index in [0.717, 1.165) is 37.4 Å². The Morgan fingerprint density at radius 1 is 1.53 bits per heavy atom. The molecule has 3 rings (SSSR count). The van der Waals surface area contributed by atoms with Gasteiger partial charge in [-0.2, -0.15) is 0 Å².